The first-order valence-electron chi connectivity index (χ1n) is 8.61. The van der Waals surface area contributed by atoms with Crippen molar-refractivity contribution in [2.24, 2.45) is 0 Å². The fourth-order valence-corrected chi connectivity index (χ4v) is 2.82. The standard InChI is InChI=1S/C19H21F3N4O/c1-2-23-12-18(27,19(20,21)22)13-24-16-9-6-10-17-15(16)11-25-26(17)14-7-4-3-5-8-14/h3-11,23-24,27H,2,12-13H2,1H3. The van der Waals surface area contributed by atoms with Gasteiger partial charge in [-0.25, -0.2) is 4.68 Å². The summed E-state index contributed by atoms with van der Waals surface area (Å²) >= 11 is 0. The summed E-state index contributed by atoms with van der Waals surface area (Å²) < 4.78 is 41.7. The van der Waals surface area contributed by atoms with Crippen molar-refractivity contribution < 1.29 is 18.3 Å². The maximum atomic E-state index is 13.3. The summed E-state index contributed by atoms with van der Waals surface area (Å²) in [5.74, 6) is 0. The highest BCUT2D eigenvalue weighted by Gasteiger charge is 2.53. The van der Waals surface area contributed by atoms with Gasteiger partial charge >= 0.3 is 6.18 Å². The van der Waals surface area contributed by atoms with Gasteiger partial charge in [0.05, 0.1) is 23.9 Å². The number of benzene rings is 2. The van der Waals surface area contributed by atoms with E-state index in [1.54, 1.807) is 29.9 Å². The smallest absolute Gasteiger partial charge is 0.381 e. The van der Waals surface area contributed by atoms with Crippen LogP contribution in [0.4, 0.5) is 18.9 Å². The number of nitrogens with one attached hydrogen (secondary N) is 2. The first kappa shape index (κ1) is 19.2. The van der Waals surface area contributed by atoms with E-state index < -0.39 is 24.9 Å². The summed E-state index contributed by atoms with van der Waals surface area (Å²) in [7, 11) is 0. The summed E-state index contributed by atoms with van der Waals surface area (Å²) in [5.41, 5.74) is -0.786. The summed E-state index contributed by atoms with van der Waals surface area (Å²) in [5, 5.41) is 20.5. The van der Waals surface area contributed by atoms with Gasteiger partial charge in [-0.1, -0.05) is 31.2 Å². The lowest BCUT2D eigenvalue weighted by atomic mass is 10.0. The first-order valence-corrected chi connectivity index (χ1v) is 8.61. The number of aromatic nitrogens is 2. The SMILES string of the molecule is CCNCC(O)(CNc1cccc2c1cnn2-c1ccccc1)C(F)(F)F. The van der Waals surface area contributed by atoms with E-state index >= 15 is 0 Å². The molecular weight excluding hydrogens is 357 g/mol. The average Bonchev–Trinajstić information content (AvgIpc) is 3.09. The van der Waals surface area contributed by atoms with Crippen LogP contribution in [0.2, 0.25) is 0 Å². The van der Waals surface area contributed by atoms with Gasteiger partial charge in [0.25, 0.3) is 0 Å². The van der Waals surface area contributed by atoms with E-state index in [2.05, 4.69) is 15.7 Å². The highest BCUT2D eigenvalue weighted by atomic mass is 19.4. The van der Waals surface area contributed by atoms with Gasteiger partial charge in [0, 0.05) is 17.6 Å². The summed E-state index contributed by atoms with van der Waals surface area (Å²) in [4.78, 5) is 0. The number of halogens is 3. The van der Waals surface area contributed by atoms with E-state index in [1.807, 2.05) is 36.4 Å². The Kier molecular flexibility index (Phi) is 5.38. The lowest BCUT2D eigenvalue weighted by Gasteiger charge is -2.31. The predicted octanol–water partition coefficient (Wildman–Crippen LogP) is 3.34. The molecule has 3 rings (SSSR count). The van der Waals surface area contributed by atoms with Gasteiger partial charge in [-0.2, -0.15) is 18.3 Å². The van der Waals surface area contributed by atoms with Gasteiger partial charge in [-0.3, -0.25) is 0 Å². The first-order chi connectivity index (χ1) is 12.9. The number of fused-ring (bicyclic) bond motifs is 1. The van der Waals surface area contributed by atoms with Crippen LogP contribution in [0.1, 0.15) is 6.92 Å². The minimum absolute atomic E-state index is 0.331. The van der Waals surface area contributed by atoms with E-state index in [-0.39, 0.29) is 0 Å². The number of anilines is 1. The molecule has 0 bridgehead atoms. The van der Waals surface area contributed by atoms with Crippen LogP contribution >= 0.6 is 0 Å². The van der Waals surface area contributed by atoms with Crippen molar-refractivity contribution in [1.82, 2.24) is 15.1 Å². The maximum Gasteiger partial charge on any atom is 0.420 e. The molecule has 0 aliphatic carbocycles. The Morgan fingerprint density at radius 2 is 1.78 bits per heavy atom. The third-order valence-electron chi connectivity index (χ3n) is 4.38. The lowest BCUT2D eigenvalue weighted by molar-refractivity contribution is -0.252. The van der Waals surface area contributed by atoms with Crippen LogP contribution in [0.3, 0.4) is 0 Å². The van der Waals surface area contributed by atoms with Crippen LogP contribution in [-0.2, 0) is 0 Å². The normalized spacial score (nSPS) is 14.3. The van der Waals surface area contributed by atoms with Gasteiger partial charge in [0.2, 0.25) is 0 Å². The molecule has 0 aliphatic heterocycles. The molecule has 1 aromatic heterocycles. The number of nitrogens with zero attached hydrogens (tertiary/aromatic N) is 2. The van der Waals surface area contributed by atoms with Crippen molar-refractivity contribution in [2.45, 2.75) is 18.7 Å². The van der Waals surface area contributed by atoms with E-state index in [1.165, 1.54) is 0 Å². The minimum atomic E-state index is -4.76. The number of rotatable bonds is 7. The maximum absolute atomic E-state index is 13.3. The molecule has 0 saturated heterocycles. The fraction of sp³-hybridized carbons (Fsp3) is 0.316. The van der Waals surface area contributed by atoms with Crippen LogP contribution in [-0.4, -0.2) is 46.3 Å². The molecule has 0 spiro atoms. The highest BCUT2D eigenvalue weighted by molar-refractivity contribution is 5.92. The predicted molar refractivity (Wildman–Crippen MR) is 99.1 cm³/mol. The van der Waals surface area contributed by atoms with E-state index in [0.717, 1.165) is 11.2 Å². The average molecular weight is 378 g/mol. The Morgan fingerprint density at radius 3 is 2.44 bits per heavy atom. The summed E-state index contributed by atoms with van der Waals surface area (Å²) in [6.07, 6.45) is -3.16. The van der Waals surface area contributed by atoms with E-state index in [0.29, 0.717) is 17.6 Å². The zero-order chi connectivity index (χ0) is 19.5. The van der Waals surface area contributed by atoms with Crippen LogP contribution in [0.15, 0.2) is 54.7 Å². The van der Waals surface area contributed by atoms with E-state index in [4.69, 9.17) is 0 Å². The zero-order valence-electron chi connectivity index (χ0n) is 14.8. The molecule has 3 N–H and O–H groups in total. The van der Waals surface area contributed by atoms with Gasteiger partial charge in [-0.15, -0.1) is 0 Å². The van der Waals surface area contributed by atoms with Crippen molar-refractivity contribution in [1.29, 1.82) is 0 Å². The summed E-state index contributed by atoms with van der Waals surface area (Å²) in [6.45, 7) is 0.763. The van der Waals surface area contributed by atoms with Crippen molar-refractivity contribution in [2.75, 3.05) is 25.0 Å². The van der Waals surface area contributed by atoms with Gasteiger partial charge in [0.1, 0.15) is 0 Å². The van der Waals surface area contributed by atoms with Gasteiger partial charge < -0.3 is 15.7 Å². The third-order valence-corrected chi connectivity index (χ3v) is 4.38. The van der Waals surface area contributed by atoms with Crippen molar-refractivity contribution in [3.63, 3.8) is 0 Å². The molecule has 144 valence electrons. The quantitative estimate of drug-likeness (QED) is 0.590. The van der Waals surface area contributed by atoms with Gasteiger partial charge in [-0.05, 0) is 30.8 Å². The molecule has 0 saturated carbocycles. The Balaban J connectivity index is 1.88. The van der Waals surface area contributed by atoms with E-state index in [9.17, 15) is 18.3 Å². The second kappa shape index (κ2) is 7.58. The number of para-hydroxylation sites is 1. The Morgan fingerprint density at radius 1 is 1.04 bits per heavy atom. The molecule has 2 aromatic carbocycles. The molecule has 1 heterocycles. The molecule has 27 heavy (non-hydrogen) atoms. The van der Waals surface area contributed by atoms with Crippen LogP contribution in [0, 0.1) is 0 Å². The van der Waals surface area contributed by atoms with Crippen molar-refractivity contribution in [3.8, 4) is 5.69 Å². The molecule has 0 radical (unpaired) electrons. The number of aliphatic hydroxyl groups is 1. The van der Waals surface area contributed by atoms with Crippen molar-refractivity contribution >= 4 is 16.6 Å². The van der Waals surface area contributed by atoms with Crippen LogP contribution in [0.25, 0.3) is 16.6 Å². The molecule has 3 aromatic rings. The zero-order valence-corrected chi connectivity index (χ0v) is 14.8. The third kappa shape index (κ3) is 3.91. The Hall–Kier alpha value is -2.58. The molecular formula is C19H21F3N4O. The summed E-state index contributed by atoms with van der Waals surface area (Å²) in [6, 6.07) is 14.7. The minimum Gasteiger partial charge on any atom is -0.381 e. The number of hydrogen-bond donors (Lipinski definition) is 3. The molecule has 8 heteroatoms. The largest absolute Gasteiger partial charge is 0.420 e. The van der Waals surface area contributed by atoms with Crippen LogP contribution in [0.5, 0.6) is 0 Å². The number of hydrogen-bond acceptors (Lipinski definition) is 4. The molecule has 0 fully saturated rings. The Labute approximate surface area is 154 Å². The monoisotopic (exact) mass is 378 g/mol. The van der Waals surface area contributed by atoms with Crippen LogP contribution < -0.4 is 10.6 Å². The van der Waals surface area contributed by atoms with Gasteiger partial charge in [0.15, 0.2) is 5.60 Å². The molecule has 0 aliphatic rings. The molecule has 1 unspecified atom stereocenters. The second-order valence-corrected chi connectivity index (χ2v) is 6.29. The topological polar surface area (TPSA) is 62.1 Å². The number of likely N-dealkylation sites (N-methyl/N-ethyl adjacent to an activating group) is 1. The molecule has 1 atom stereocenters. The molecule has 0 amide bonds. The second-order valence-electron chi connectivity index (χ2n) is 6.29. The fourth-order valence-electron chi connectivity index (χ4n) is 2.82. The highest BCUT2D eigenvalue weighted by Crippen LogP contribution is 2.32. The Bertz CT molecular complexity index is 895. The van der Waals surface area contributed by atoms with Crippen molar-refractivity contribution in [3.05, 3.63) is 54.7 Å². The molecule has 5 nitrogen and oxygen atoms in total. The lowest BCUT2D eigenvalue weighted by Crippen LogP contribution is -2.57. The number of alkyl halides is 3.